The number of amides is 1. The van der Waals surface area contributed by atoms with Gasteiger partial charge in [-0.2, -0.15) is 10.4 Å². The van der Waals surface area contributed by atoms with Crippen LogP contribution in [0.2, 0.25) is 0 Å². The van der Waals surface area contributed by atoms with E-state index in [4.69, 9.17) is 4.42 Å². The van der Waals surface area contributed by atoms with Crippen LogP contribution in [0.1, 0.15) is 53.5 Å². The molecule has 1 saturated carbocycles. The van der Waals surface area contributed by atoms with Crippen molar-refractivity contribution in [1.29, 1.82) is 5.26 Å². The molecule has 154 valence electrons. The third-order valence-corrected chi connectivity index (χ3v) is 5.61. The first-order chi connectivity index (χ1) is 15.1. The molecule has 0 saturated heterocycles. The van der Waals surface area contributed by atoms with Crippen molar-refractivity contribution in [3.8, 4) is 17.5 Å². The van der Waals surface area contributed by atoms with E-state index in [-0.39, 0.29) is 5.69 Å². The molecule has 1 fully saturated rings. The third-order valence-electron chi connectivity index (χ3n) is 5.61. The molecule has 0 bridgehead atoms. The molecular weight excluding hydrogens is 392 g/mol. The number of aromatic nitrogens is 4. The van der Waals surface area contributed by atoms with E-state index >= 15 is 0 Å². The second kappa shape index (κ2) is 7.69. The summed E-state index contributed by atoms with van der Waals surface area (Å²) in [5.41, 5.74) is 3.23. The number of carbonyl (C=O) groups excluding carboxylic acids is 1. The summed E-state index contributed by atoms with van der Waals surface area (Å²) in [6, 6.07) is 9.65. The van der Waals surface area contributed by atoms with Crippen molar-refractivity contribution < 1.29 is 9.21 Å². The van der Waals surface area contributed by atoms with Crippen LogP contribution in [-0.2, 0) is 0 Å². The molecule has 1 aliphatic rings. The fraction of sp³-hybridized carbons (Fsp3) is 0.261. The van der Waals surface area contributed by atoms with Crippen LogP contribution in [0, 0.1) is 18.3 Å². The number of benzene rings is 1. The Balaban J connectivity index is 1.41. The molecule has 0 atom stereocenters. The van der Waals surface area contributed by atoms with Gasteiger partial charge in [0.1, 0.15) is 12.3 Å². The van der Waals surface area contributed by atoms with Gasteiger partial charge in [-0.15, -0.1) is 0 Å². The van der Waals surface area contributed by atoms with Gasteiger partial charge in [0, 0.05) is 29.0 Å². The molecule has 8 heteroatoms. The molecular formula is C23H20N6O2. The Hall–Kier alpha value is -3.99. The fourth-order valence-corrected chi connectivity index (χ4v) is 4.02. The SMILES string of the molecule is Cc1cc(-c2nc(C(=O)Nc3cc4cn(C5CCCC5)nc4cc3C#N)co2)ccn1. The monoisotopic (exact) mass is 412 g/mol. The van der Waals surface area contributed by atoms with Crippen LogP contribution in [0.3, 0.4) is 0 Å². The Bertz CT molecular complexity index is 1320. The molecule has 0 aliphatic heterocycles. The number of hydrogen-bond donors (Lipinski definition) is 1. The lowest BCUT2D eigenvalue weighted by molar-refractivity contribution is 0.102. The number of nitriles is 1. The average Bonchev–Trinajstić information content (AvgIpc) is 3.53. The summed E-state index contributed by atoms with van der Waals surface area (Å²) in [4.78, 5) is 21.2. The predicted octanol–water partition coefficient (Wildman–Crippen LogP) is 4.63. The molecule has 8 nitrogen and oxygen atoms in total. The van der Waals surface area contributed by atoms with Gasteiger partial charge in [0.2, 0.25) is 5.89 Å². The van der Waals surface area contributed by atoms with Crippen LogP contribution in [0.4, 0.5) is 5.69 Å². The number of nitrogens with one attached hydrogen (secondary N) is 1. The first kappa shape index (κ1) is 19.0. The highest BCUT2D eigenvalue weighted by Crippen LogP contribution is 2.31. The van der Waals surface area contributed by atoms with Gasteiger partial charge in [-0.3, -0.25) is 14.5 Å². The van der Waals surface area contributed by atoms with E-state index in [0.717, 1.165) is 35.0 Å². The third kappa shape index (κ3) is 3.66. The lowest BCUT2D eigenvalue weighted by Gasteiger charge is -2.07. The van der Waals surface area contributed by atoms with E-state index in [1.54, 1.807) is 24.4 Å². The number of hydrogen-bond acceptors (Lipinski definition) is 6. The summed E-state index contributed by atoms with van der Waals surface area (Å²) in [6.07, 6.45) is 9.62. The van der Waals surface area contributed by atoms with Crippen molar-refractivity contribution in [2.45, 2.75) is 38.6 Å². The number of rotatable bonds is 4. The van der Waals surface area contributed by atoms with Crippen LogP contribution in [-0.4, -0.2) is 25.7 Å². The topological polar surface area (TPSA) is 110 Å². The van der Waals surface area contributed by atoms with Crippen molar-refractivity contribution in [3.63, 3.8) is 0 Å². The maximum absolute atomic E-state index is 12.8. The number of aryl methyl sites for hydroxylation is 1. The van der Waals surface area contributed by atoms with Crippen LogP contribution < -0.4 is 5.32 Å². The Morgan fingerprint density at radius 3 is 2.90 bits per heavy atom. The van der Waals surface area contributed by atoms with Gasteiger partial charge >= 0.3 is 0 Å². The van der Waals surface area contributed by atoms with Gasteiger partial charge in [0.25, 0.3) is 5.91 Å². The standard InChI is InChI=1S/C23H20N6O2/c1-14-8-15(6-7-25-14)23-27-21(13-31-23)22(30)26-19-10-17-12-29(18-4-2-3-5-18)28-20(17)9-16(19)11-24/h6-10,12-13,18H,2-5H2,1H3,(H,26,30). The first-order valence-corrected chi connectivity index (χ1v) is 10.2. The summed E-state index contributed by atoms with van der Waals surface area (Å²) in [5, 5.41) is 17.9. The van der Waals surface area contributed by atoms with E-state index in [2.05, 4.69) is 26.5 Å². The fourth-order valence-electron chi connectivity index (χ4n) is 4.02. The zero-order chi connectivity index (χ0) is 21.4. The summed E-state index contributed by atoms with van der Waals surface area (Å²) in [7, 11) is 0. The first-order valence-electron chi connectivity index (χ1n) is 10.2. The van der Waals surface area contributed by atoms with E-state index in [1.807, 2.05) is 23.9 Å². The van der Waals surface area contributed by atoms with Crippen molar-refractivity contribution in [2.75, 3.05) is 5.32 Å². The van der Waals surface area contributed by atoms with E-state index in [9.17, 15) is 10.1 Å². The van der Waals surface area contributed by atoms with Gasteiger partial charge in [0.15, 0.2) is 5.69 Å². The van der Waals surface area contributed by atoms with Gasteiger partial charge < -0.3 is 9.73 Å². The predicted molar refractivity (Wildman–Crippen MR) is 114 cm³/mol. The molecule has 31 heavy (non-hydrogen) atoms. The highest BCUT2D eigenvalue weighted by Gasteiger charge is 2.20. The van der Waals surface area contributed by atoms with Crippen molar-refractivity contribution in [2.24, 2.45) is 0 Å². The van der Waals surface area contributed by atoms with Crippen LogP contribution in [0.15, 0.2) is 47.3 Å². The number of fused-ring (bicyclic) bond motifs is 1. The average molecular weight is 412 g/mol. The number of pyridine rings is 1. The van der Waals surface area contributed by atoms with Gasteiger partial charge in [0.05, 0.1) is 22.8 Å². The largest absolute Gasteiger partial charge is 0.444 e. The zero-order valence-corrected chi connectivity index (χ0v) is 17.0. The van der Waals surface area contributed by atoms with Gasteiger partial charge in [-0.1, -0.05) is 12.8 Å². The quantitative estimate of drug-likeness (QED) is 0.523. The second-order valence-electron chi connectivity index (χ2n) is 7.79. The Labute approximate surface area is 178 Å². The lowest BCUT2D eigenvalue weighted by atomic mass is 10.1. The maximum Gasteiger partial charge on any atom is 0.277 e. The van der Waals surface area contributed by atoms with Gasteiger partial charge in [-0.25, -0.2) is 4.98 Å². The minimum absolute atomic E-state index is 0.134. The molecule has 0 radical (unpaired) electrons. The number of anilines is 1. The Morgan fingerprint density at radius 2 is 2.13 bits per heavy atom. The number of oxazole rings is 1. The van der Waals surface area contributed by atoms with Crippen molar-refractivity contribution in [1.82, 2.24) is 19.7 Å². The minimum Gasteiger partial charge on any atom is -0.444 e. The second-order valence-corrected chi connectivity index (χ2v) is 7.79. The van der Waals surface area contributed by atoms with E-state index < -0.39 is 5.91 Å². The Morgan fingerprint density at radius 1 is 1.29 bits per heavy atom. The van der Waals surface area contributed by atoms with Crippen LogP contribution in [0.25, 0.3) is 22.4 Å². The van der Waals surface area contributed by atoms with E-state index in [0.29, 0.717) is 23.2 Å². The molecule has 3 aromatic heterocycles. The molecule has 1 N–H and O–H groups in total. The molecule has 1 aliphatic carbocycles. The number of carbonyl (C=O) groups is 1. The summed E-state index contributed by atoms with van der Waals surface area (Å²) < 4.78 is 7.46. The summed E-state index contributed by atoms with van der Waals surface area (Å²) >= 11 is 0. The molecule has 0 unspecified atom stereocenters. The van der Waals surface area contributed by atoms with Crippen molar-refractivity contribution >= 4 is 22.5 Å². The molecule has 1 amide bonds. The molecule has 4 aromatic rings. The normalized spacial score (nSPS) is 14.1. The maximum atomic E-state index is 12.8. The van der Waals surface area contributed by atoms with Crippen LogP contribution >= 0.6 is 0 Å². The molecule has 0 spiro atoms. The van der Waals surface area contributed by atoms with Crippen LogP contribution in [0.5, 0.6) is 0 Å². The molecule has 1 aromatic carbocycles. The summed E-state index contributed by atoms with van der Waals surface area (Å²) in [6.45, 7) is 1.87. The van der Waals surface area contributed by atoms with Crippen molar-refractivity contribution in [3.05, 3.63) is 59.9 Å². The molecule has 5 rings (SSSR count). The van der Waals surface area contributed by atoms with Gasteiger partial charge in [-0.05, 0) is 44.0 Å². The highest BCUT2D eigenvalue weighted by atomic mass is 16.3. The zero-order valence-electron chi connectivity index (χ0n) is 17.0. The Kier molecular flexibility index (Phi) is 4.71. The van der Waals surface area contributed by atoms with E-state index in [1.165, 1.54) is 19.1 Å². The minimum atomic E-state index is -0.445. The summed E-state index contributed by atoms with van der Waals surface area (Å²) in [5.74, 6) is -0.107. The number of nitrogens with zero attached hydrogens (tertiary/aromatic N) is 5. The smallest absolute Gasteiger partial charge is 0.277 e. The lowest BCUT2D eigenvalue weighted by Crippen LogP contribution is -2.13. The highest BCUT2D eigenvalue weighted by molar-refractivity contribution is 6.04. The molecule has 3 heterocycles.